The van der Waals surface area contributed by atoms with Crippen LogP contribution in [0.2, 0.25) is 0 Å². The first-order valence-corrected chi connectivity index (χ1v) is 8.19. The first-order chi connectivity index (χ1) is 12.6. The molecule has 3 rings (SSSR count). The number of anilines is 1. The van der Waals surface area contributed by atoms with Crippen LogP contribution in [0.1, 0.15) is 12.5 Å². The molecule has 7 nitrogen and oxygen atoms in total. The Morgan fingerprint density at radius 1 is 1.27 bits per heavy atom. The average Bonchev–Trinajstić information content (AvgIpc) is 3.11. The van der Waals surface area contributed by atoms with Gasteiger partial charge in [0, 0.05) is 38.1 Å². The number of amides is 1. The number of hydrogen-bond donors (Lipinski definition) is 1. The minimum Gasteiger partial charge on any atom is -0.350 e. The predicted molar refractivity (Wildman–Crippen MR) is 96.1 cm³/mol. The number of nitrogens with zero attached hydrogens (tertiary/aromatic N) is 5. The maximum absolute atomic E-state index is 13.0. The van der Waals surface area contributed by atoms with Crippen LogP contribution in [0.5, 0.6) is 0 Å². The summed E-state index contributed by atoms with van der Waals surface area (Å²) in [6.07, 6.45) is 3.29. The van der Waals surface area contributed by atoms with E-state index in [2.05, 4.69) is 20.4 Å². The molecule has 1 aromatic carbocycles. The molecule has 0 radical (unpaired) electrons. The fourth-order valence-electron chi connectivity index (χ4n) is 2.26. The van der Waals surface area contributed by atoms with Gasteiger partial charge in [-0.3, -0.25) is 4.98 Å². The van der Waals surface area contributed by atoms with Gasteiger partial charge in [0.05, 0.1) is 0 Å². The maximum Gasteiger partial charge on any atom is 0.347 e. The van der Waals surface area contributed by atoms with Crippen molar-refractivity contribution in [2.45, 2.75) is 13.5 Å². The molecule has 0 spiro atoms. The van der Waals surface area contributed by atoms with E-state index in [-0.39, 0.29) is 11.8 Å². The number of carbonyl (C=O) groups excluding carboxylic acids is 1. The number of pyridine rings is 1. The second-order valence-corrected chi connectivity index (χ2v) is 5.69. The highest BCUT2D eigenvalue weighted by Gasteiger charge is 2.19. The van der Waals surface area contributed by atoms with E-state index in [1.807, 2.05) is 13.0 Å². The largest absolute Gasteiger partial charge is 0.350 e. The molecular weight excluding hydrogens is 335 g/mol. The SMILES string of the molecule is CCN(C)C(=O)n1nc(-c2cccnc2)nc1NCc1ccc(F)cc1. The third-order valence-corrected chi connectivity index (χ3v) is 3.87. The van der Waals surface area contributed by atoms with Crippen molar-refractivity contribution in [3.05, 3.63) is 60.2 Å². The highest BCUT2D eigenvalue weighted by atomic mass is 19.1. The number of benzene rings is 1. The molecule has 2 heterocycles. The van der Waals surface area contributed by atoms with Crippen molar-refractivity contribution in [3.63, 3.8) is 0 Å². The van der Waals surface area contributed by atoms with E-state index in [1.165, 1.54) is 21.7 Å². The topological polar surface area (TPSA) is 75.9 Å². The van der Waals surface area contributed by atoms with Crippen LogP contribution in [-0.2, 0) is 6.54 Å². The lowest BCUT2D eigenvalue weighted by atomic mass is 10.2. The van der Waals surface area contributed by atoms with Crippen LogP contribution in [0.25, 0.3) is 11.4 Å². The molecule has 26 heavy (non-hydrogen) atoms. The standard InChI is InChI=1S/C18H19FN6O/c1-3-24(2)18(26)25-17(21-11-13-6-8-15(19)9-7-13)22-16(23-25)14-5-4-10-20-12-14/h4-10,12H,3,11H2,1-2H3,(H,21,22,23). The van der Waals surface area contributed by atoms with Crippen molar-refractivity contribution in [2.75, 3.05) is 18.9 Å². The van der Waals surface area contributed by atoms with E-state index >= 15 is 0 Å². The molecule has 134 valence electrons. The first kappa shape index (κ1) is 17.5. The van der Waals surface area contributed by atoms with E-state index in [0.29, 0.717) is 30.4 Å². The van der Waals surface area contributed by atoms with Gasteiger partial charge in [0.1, 0.15) is 5.82 Å². The molecule has 0 aliphatic carbocycles. The van der Waals surface area contributed by atoms with Gasteiger partial charge in [0.2, 0.25) is 5.95 Å². The molecule has 0 atom stereocenters. The molecule has 3 aromatic rings. The van der Waals surface area contributed by atoms with E-state index in [9.17, 15) is 9.18 Å². The Morgan fingerprint density at radius 3 is 2.69 bits per heavy atom. The molecule has 0 aliphatic rings. The Kier molecular flexibility index (Phi) is 5.21. The zero-order chi connectivity index (χ0) is 18.5. The van der Waals surface area contributed by atoms with Crippen LogP contribution in [-0.4, -0.2) is 44.3 Å². The van der Waals surface area contributed by atoms with Crippen molar-refractivity contribution in [1.82, 2.24) is 24.6 Å². The molecule has 8 heteroatoms. The summed E-state index contributed by atoms with van der Waals surface area (Å²) < 4.78 is 14.3. The number of hydrogen-bond acceptors (Lipinski definition) is 5. The van der Waals surface area contributed by atoms with Crippen LogP contribution in [0.4, 0.5) is 15.1 Å². The molecule has 0 bridgehead atoms. The minimum absolute atomic E-state index is 0.295. The van der Waals surface area contributed by atoms with Crippen molar-refractivity contribution in [1.29, 1.82) is 0 Å². The van der Waals surface area contributed by atoms with Gasteiger partial charge in [0.15, 0.2) is 5.82 Å². The smallest absolute Gasteiger partial charge is 0.347 e. The second-order valence-electron chi connectivity index (χ2n) is 5.69. The Labute approximate surface area is 150 Å². The number of rotatable bonds is 5. The highest BCUT2D eigenvalue weighted by molar-refractivity contribution is 5.79. The normalized spacial score (nSPS) is 10.6. The lowest BCUT2D eigenvalue weighted by molar-refractivity contribution is 0.210. The zero-order valence-electron chi connectivity index (χ0n) is 14.6. The Hall–Kier alpha value is -3.29. The van der Waals surface area contributed by atoms with Crippen LogP contribution < -0.4 is 5.32 Å². The zero-order valence-corrected chi connectivity index (χ0v) is 14.6. The number of nitrogens with one attached hydrogen (secondary N) is 1. The fourth-order valence-corrected chi connectivity index (χ4v) is 2.26. The van der Waals surface area contributed by atoms with Crippen LogP contribution in [0.3, 0.4) is 0 Å². The number of aromatic nitrogens is 4. The fraction of sp³-hybridized carbons (Fsp3) is 0.222. The van der Waals surface area contributed by atoms with Crippen molar-refractivity contribution in [3.8, 4) is 11.4 Å². The quantitative estimate of drug-likeness (QED) is 0.762. The molecule has 0 fully saturated rings. The molecule has 1 N–H and O–H groups in total. The van der Waals surface area contributed by atoms with Crippen LogP contribution in [0, 0.1) is 5.82 Å². The van der Waals surface area contributed by atoms with Gasteiger partial charge in [-0.25, -0.2) is 9.18 Å². The van der Waals surface area contributed by atoms with Gasteiger partial charge >= 0.3 is 6.03 Å². The summed E-state index contributed by atoms with van der Waals surface area (Å²) in [5.74, 6) is 0.423. The van der Waals surface area contributed by atoms with Gasteiger partial charge in [-0.2, -0.15) is 4.98 Å². The molecule has 2 aromatic heterocycles. The van der Waals surface area contributed by atoms with E-state index < -0.39 is 0 Å². The summed E-state index contributed by atoms with van der Waals surface area (Å²) in [4.78, 5) is 22.6. The summed E-state index contributed by atoms with van der Waals surface area (Å²) in [7, 11) is 1.69. The summed E-state index contributed by atoms with van der Waals surface area (Å²) in [6.45, 7) is 2.80. The second kappa shape index (κ2) is 7.73. The van der Waals surface area contributed by atoms with Gasteiger partial charge in [0.25, 0.3) is 0 Å². The van der Waals surface area contributed by atoms with Crippen LogP contribution in [0.15, 0.2) is 48.8 Å². The van der Waals surface area contributed by atoms with Gasteiger partial charge in [-0.05, 0) is 36.8 Å². The van der Waals surface area contributed by atoms with Gasteiger partial charge in [-0.1, -0.05) is 12.1 Å². The van der Waals surface area contributed by atoms with E-state index in [0.717, 1.165) is 5.56 Å². The monoisotopic (exact) mass is 354 g/mol. The molecule has 0 saturated carbocycles. The lowest BCUT2D eigenvalue weighted by Gasteiger charge is -2.15. The molecule has 0 saturated heterocycles. The van der Waals surface area contributed by atoms with Crippen molar-refractivity contribution in [2.24, 2.45) is 0 Å². The van der Waals surface area contributed by atoms with E-state index in [1.54, 1.807) is 37.6 Å². The number of halogens is 1. The summed E-state index contributed by atoms with van der Waals surface area (Å²) in [5, 5.41) is 7.43. The molecule has 1 amide bonds. The Bertz CT molecular complexity index is 878. The lowest BCUT2D eigenvalue weighted by Crippen LogP contribution is -2.32. The first-order valence-electron chi connectivity index (χ1n) is 8.19. The van der Waals surface area contributed by atoms with Crippen LogP contribution >= 0.6 is 0 Å². The number of carbonyl (C=O) groups is 1. The van der Waals surface area contributed by atoms with Crippen molar-refractivity contribution < 1.29 is 9.18 Å². The predicted octanol–water partition coefficient (Wildman–Crippen LogP) is 3.01. The molecule has 0 aliphatic heterocycles. The highest BCUT2D eigenvalue weighted by Crippen LogP contribution is 2.18. The molecule has 0 unspecified atom stereocenters. The van der Waals surface area contributed by atoms with Gasteiger partial charge < -0.3 is 10.2 Å². The maximum atomic E-state index is 13.0. The van der Waals surface area contributed by atoms with E-state index in [4.69, 9.17) is 0 Å². The minimum atomic E-state index is -0.296. The Morgan fingerprint density at radius 2 is 2.04 bits per heavy atom. The average molecular weight is 354 g/mol. The molecular formula is C18H19FN6O. The summed E-state index contributed by atoms with van der Waals surface area (Å²) in [5.41, 5.74) is 1.57. The Balaban J connectivity index is 1.89. The third kappa shape index (κ3) is 3.85. The van der Waals surface area contributed by atoms with Crippen molar-refractivity contribution >= 4 is 12.0 Å². The summed E-state index contributed by atoms with van der Waals surface area (Å²) in [6, 6.07) is 9.43. The third-order valence-electron chi connectivity index (χ3n) is 3.87. The van der Waals surface area contributed by atoms with Gasteiger partial charge in [-0.15, -0.1) is 9.78 Å². The summed E-state index contributed by atoms with van der Waals surface area (Å²) >= 11 is 0.